The minimum atomic E-state index is 0. The topological polar surface area (TPSA) is 0 Å². The Balaban J connectivity index is 0. The number of hydrogen-bond donors (Lipinski definition) is 0. The Morgan fingerprint density at radius 3 is 0.750 bits per heavy atom. The Hall–Kier alpha value is 1.84. The van der Waals surface area contributed by atoms with Crippen LogP contribution in [0.25, 0.3) is 0 Å². The van der Waals surface area contributed by atoms with Gasteiger partial charge in [0.05, 0.1) is 0 Å². The Labute approximate surface area is 63.2 Å². The summed E-state index contributed by atoms with van der Waals surface area (Å²) < 4.78 is 0. The molecule has 0 fully saturated rings. The molecule has 0 aliphatic carbocycles. The molecule has 0 bridgehead atoms. The summed E-state index contributed by atoms with van der Waals surface area (Å²) in [5, 5.41) is 0. The van der Waals surface area contributed by atoms with Gasteiger partial charge in [0.1, 0.15) is 0 Å². The van der Waals surface area contributed by atoms with Gasteiger partial charge in [-0.15, -0.1) is 0 Å². The third-order valence-electron chi connectivity index (χ3n) is 0. The molecule has 0 amide bonds. The SMILES string of the molecule is [Fe].[S].[S].[Zn]. The molecule has 22 valence electrons. The Bertz CT molecular complexity index is 6.00. The summed E-state index contributed by atoms with van der Waals surface area (Å²) in [5.41, 5.74) is 0. The van der Waals surface area contributed by atoms with E-state index in [9.17, 15) is 0 Å². The number of hydrogen-bond acceptors (Lipinski definition) is 0. The van der Waals surface area contributed by atoms with Crippen LogP contribution in [0.2, 0.25) is 0 Å². The summed E-state index contributed by atoms with van der Waals surface area (Å²) in [5.74, 6) is 0. The van der Waals surface area contributed by atoms with Crippen molar-refractivity contribution in [2.75, 3.05) is 0 Å². The molecule has 0 rings (SSSR count). The minimum absolute atomic E-state index is 0. The van der Waals surface area contributed by atoms with E-state index < -0.39 is 0 Å². The van der Waals surface area contributed by atoms with Crippen LogP contribution in [0.1, 0.15) is 0 Å². The van der Waals surface area contributed by atoms with E-state index in [2.05, 4.69) is 0 Å². The molecule has 0 aliphatic rings. The third-order valence-corrected chi connectivity index (χ3v) is 0. The first-order valence-corrected chi connectivity index (χ1v) is 0. The average Bonchev–Trinajstić information content (AvgIpc) is 0. The zero-order chi connectivity index (χ0) is 0. The second kappa shape index (κ2) is 21.1. The first kappa shape index (κ1) is 40.4. The molecule has 0 N–H and O–H groups in total. The van der Waals surface area contributed by atoms with Gasteiger partial charge in [-0.25, -0.2) is 0 Å². The summed E-state index contributed by atoms with van der Waals surface area (Å²) >= 11 is 0. The van der Waals surface area contributed by atoms with Gasteiger partial charge in [0.2, 0.25) is 0 Å². The van der Waals surface area contributed by atoms with Crippen molar-refractivity contribution in [1.82, 2.24) is 0 Å². The minimum Gasteiger partial charge on any atom is 0 e. The van der Waals surface area contributed by atoms with Crippen LogP contribution in [-0.4, -0.2) is 0 Å². The Morgan fingerprint density at radius 2 is 0.750 bits per heavy atom. The molecule has 0 aromatic carbocycles. The van der Waals surface area contributed by atoms with Gasteiger partial charge in [0.15, 0.2) is 0 Å². The van der Waals surface area contributed by atoms with Gasteiger partial charge in [0, 0.05) is 63.5 Å². The van der Waals surface area contributed by atoms with Gasteiger partial charge < -0.3 is 0 Å². The standard InChI is InChI=1S/Fe.2S.Zn. The molecule has 0 saturated carbocycles. The van der Waals surface area contributed by atoms with E-state index in [4.69, 9.17) is 0 Å². The van der Waals surface area contributed by atoms with Crippen molar-refractivity contribution in [3.05, 3.63) is 0 Å². The van der Waals surface area contributed by atoms with Crippen molar-refractivity contribution >= 4 is 27.0 Å². The van der Waals surface area contributed by atoms with Gasteiger partial charge in [-0.05, 0) is 0 Å². The number of rotatable bonds is 0. The van der Waals surface area contributed by atoms with Crippen LogP contribution in [0, 0.1) is 0 Å². The van der Waals surface area contributed by atoms with Gasteiger partial charge in [-0.2, -0.15) is 0 Å². The molecule has 0 aromatic heterocycles. The predicted octanol–water partition coefficient (Wildman–Crippen LogP) is 1.29. The van der Waals surface area contributed by atoms with Gasteiger partial charge in [-0.1, -0.05) is 0 Å². The normalized spacial score (nSPS) is 0. The largest absolute Gasteiger partial charge is 0 e. The third kappa shape index (κ3) is 9.14. The van der Waals surface area contributed by atoms with Crippen LogP contribution in [0.5, 0.6) is 0 Å². The second-order valence-electron chi connectivity index (χ2n) is 0. The average molecular weight is 185 g/mol. The summed E-state index contributed by atoms with van der Waals surface area (Å²) in [6, 6.07) is 0. The quantitative estimate of drug-likeness (QED) is 0.499. The molecule has 0 heterocycles. The van der Waals surface area contributed by atoms with Crippen molar-refractivity contribution in [3.8, 4) is 0 Å². The molecule has 4 radical (unpaired) electrons. The summed E-state index contributed by atoms with van der Waals surface area (Å²) in [6.45, 7) is 0. The zero-order valence-corrected chi connectivity index (χ0v) is 7.58. The van der Waals surface area contributed by atoms with Crippen LogP contribution in [0.15, 0.2) is 0 Å². The van der Waals surface area contributed by atoms with Gasteiger partial charge in [-0.3, -0.25) is 0 Å². The maximum Gasteiger partial charge on any atom is 0 e. The fourth-order valence-corrected chi connectivity index (χ4v) is 0. The van der Waals surface area contributed by atoms with Gasteiger partial charge >= 0.3 is 0 Å². The van der Waals surface area contributed by atoms with E-state index in [1.807, 2.05) is 0 Å². The first-order valence-electron chi connectivity index (χ1n) is 0. The molecular formula is FeS2Zn. The summed E-state index contributed by atoms with van der Waals surface area (Å²) in [6.07, 6.45) is 0. The van der Waals surface area contributed by atoms with Gasteiger partial charge in [0.25, 0.3) is 0 Å². The molecule has 0 atom stereocenters. The van der Waals surface area contributed by atoms with Crippen LogP contribution in [-0.2, 0) is 36.5 Å². The van der Waals surface area contributed by atoms with E-state index >= 15 is 0 Å². The summed E-state index contributed by atoms with van der Waals surface area (Å²) in [4.78, 5) is 0. The fraction of sp³-hybridized carbons (Fsp3) is 0. The van der Waals surface area contributed by atoms with Crippen LogP contribution in [0.4, 0.5) is 0 Å². The fourth-order valence-electron chi connectivity index (χ4n) is 0. The van der Waals surface area contributed by atoms with E-state index in [-0.39, 0.29) is 63.5 Å². The Morgan fingerprint density at radius 1 is 0.750 bits per heavy atom. The van der Waals surface area contributed by atoms with E-state index in [0.717, 1.165) is 0 Å². The molecule has 0 aliphatic heterocycles. The van der Waals surface area contributed by atoms with Crippen molar-refractivity contribution in [1.29, 1.82) is 0 Å². The maximum atomic E-state index is 0. The molecule has 0 unspecified atom stereocenters. The van der Waals surface area contributed by atoms with E-state index in [1.165, 1.54) is 0 Å². The maximum absolute atomic E-state index is 0. The van der Waals surface area contributed by atoms with Crippen molar-refractivity contribution < 1.29 is 36.5 Å². The van der Waals surface area contributed by atoms with Crippen molar-refractivity contribution in [3.63, 3.8) is 0 Å². The van der Waals surface area contributed by atoms with Crippen molar-refractivity contribution in [2.45, 2.75) is 0 Å². The van der Waals surface area contributed by atoms with Crippen LogP contribution < -0.4 is 0 Å². The molecule has 0 aromatic rings. The smallest absolute Gasteiger partial charge is 0 e. The molecular weight excluding hydrogens is 185 g/mol. The predicted molar refractivity (Wildman–Crippen MR) is 15.2 cm³/mol. The Kier molecular flexibility index (Phi) is 212. The summed E-state index contributed by atoms with van der Waals surface area (Å²) in [7, 11) is 0. The molecule has 0 saturated heterocycles. The van der Waals surface area contributed by atoms with E-state index in [1.54, 1.807) is 0 Å². The van der Waals surface area contributed by atoms with E-state index in [0.29, 0.717) is 0 Å². The molecule has 0 spiro atoms. The second-order valence-corrected chi connectivity index (χ2v) is 0. The first-order chi connectivity index (χ1) is 0. The molecule has 4 heteroatoms. The molecule has 0 nitrogen and oxygen atoms in total. The monoisotopic (exact) mass is 184 g/mol. The van der Waals surface area contributed by atoms with Crippen molar-refractivity contribution in [2.24, 2.45) is 0 Å². The zero-order valence-electron chi connectivity index (χ0n) is 1.88. The molecule has 4 heavy (non-hydrogen) atoms. The van der Waals surface area contributed by atoms with Crippen LogP contribution >= 0.6 is 27.0 Å². The van der Waals surface area contributed by atoms with Crippen LogP contribution in [0.3, 0.4) is 0 Å².